The molecule has 0 radical (unpaired) electrons. The Bertz CT molecular complexity index is 138. The molecular formula is H13Al2KO8P2. The normalized spacial score (nSPS) is 9.08. The summed E-state index contributed by atoms with van der Waals surface area (Å²) in [5.41, 5.74) is 0. The van der Waals surface area contributed by atoms with E-state index in [4.69, 9.17) is 38.5 Å². The first-order valence-corrected chi connectivity index (χ1v) is 4.70. The largest absolute Gasteiger partial charge is 1.00 e. The predicted octanol–water partition coefficient (Wildman–Crippen LogP) is -7.11. The van der Waals surface area contributed by atoms with Gasteiger partial charge in [0.25, 0.3) is 0 Å². The van der Waals surface area contributed by atoms with Gasteiger partial charge in [-0.25, -0.2) is 9.13 Å². The Morgan fingerprint density at radius 1 is 0.692 bits per heavy atom. The molecule has 0 aromatic rings. The Morgan fingerprint density at radius 2 is 0.692 bits per heavy atom. The summed E-state index contributed by atoms with van der Waals surface area (Å²) in [7, 11) is -9.28. The van der Waals surface area contributed by atoms with Gasteiger partial charge in [0.15, 0.2) is 34.7 Å². The molecule has 0 heterocycles. The SMILES string of the molecule is O=P(O)(O)O.O=P(O)(O)O.[AlH3].[AlH3].[H-].[K+]. The first-order chi connectivity index (χ1) is 4.00. The van der Waals surface area contributed by atoms with E-state index in [1.807, 2.05) is 0 Å². The molecule has 0 saturated heterocycles. The summed E-state index contributed by atoms with van der Waals surface area (Å²) in [6.45, 7) is 0. The molecule has 0 fully saturated rings. The van der Waals surface area contributed by atoms with Crippen molar-refractivity contribution in [3.05, 3.63) is 0 Å². The van der Waals surface area contributed by atoms with Crippen molar-refractivity contribution < 1.29 is 91.3 Å². The van der Waals surface area contributed by atoms with Crippen LogP contribution in [-0.2, 0) is 9.13 Å². The van der Waals surface area contributed by atoms with E-state index < -0.39 is 15.6 Å². The maximum atomic E-state index is 8.88. The zero-order chi connectivity index (χ0) is 9.00. The fourth-order valence-corrected chi connectivity index (χ4v) is 0. The van der Waals surface area contributed by atoms with Gasteiger partial charge < -0.3 is 30.8 Å². The maximum Gasteiger partial charge on any atom is 1.00 e. The summed E-state index contributed by atoms with van der Waals surface area (Å²) in [4.78, 5) is 43.1. The monoisotopic (exact) mass is 296 g/mol. The molecule has 0 rings (SSSR count). The molecule has 0 aromatic heterocycles. The summed E-state index contributed by atoms with van der Waals surface area (Å²) in [6.07, 6.45) is 0. The first-order valence-electron chi connectivity index (χ1n) is 1.57. The number of hydrogen-bond acceptors (Lipinski definition) is 2. The van der Waals surface area contributed by atoms with E-state index in [1.54, 1.807) is 0 Å². The number of hydrogen-bond donors (Lipinski definition) is 6. The molecule has 0 atom stereocenters. The van der Waals surface area contributed by atoms with E-state index in [2.05, 4.69) is 0 Å². The van der Waals surface area contributed by atoms with E-state index in [-0.39, 0.29) is 87.5 Å². The molecule has 0 amide bonds. The van der Waals surface area contributed by atoms with Gasteiger partial charge in [0, 0.05) is 0 Å². The van der Waals surface area contributed by atoms with Crippen molar-refractivity contribution in [1.82, 2.24) is 0 Å². The van der Waals surface area contributed by atoms with E-state index in [0.29, 0.717) is 0 Å². The van der Waals surface area contributed by atoms with Crippen molar-refractivity contribution in [3.63, 3.8) is 0 Å². The Kier molecular flexibility index (Phi) is 29.7. The minimum Gasteiger partial charge on any atom is -1.00 e. The quantitative estimate of drug-likeness (QED) is 0.190. The third-order valence-electron chi connectivity index (χ3n) is 0. The first kappa shape index (κ1) is 29.7. The van der Waals surface area contributed by atoms with Gasteiger partial charge >= 0.3 is 67.0 Å². The van der Waals surface area contributed by atoms with E-state index in [0.717, 1.165) is 0 Å². The van der Waals surface area contributed by atoms with Gasteiger partial charge in [0.2, 0.25) is 0 Å². The Labute approximate surface area is 139 Å². The standard InChI is InChI=1S/2Al.K.2H3O4P.7H/c;;;2*1-5(2,3)4;;;;;;;/h;;;2*(H3,1,2,3,4);;;;;;;/q;;+1;;;;;;;;;-1. The van der Waals surface area contributed by atoms with Gasteiger partial charge in [-0.15, -0.1) is 0 Å². The zero-order valence-electron chi connectivity index (χ0n) is 6.39. The molecule has 0 spiro atoms. The second-order valence-corrected chi connectivity index (χ2v) is 3.08. The fraction of sp³-hybridized carbons (Fsp3) is 0. The third-order valence-corrected chi connectivity index (χ3v) is 0. The average Bonchev–Trinajstić information content (AvgIpc) is 1.12. The molecule has 0 bridgehead atoms. The summed E-state index contributed by atoms with van der Waals surface area (Å²) in [6, 6.07) is 0. The van der Waals surface area contributed by atoms with Crippen molar-refractivity contribution in [2.75, 3.05) is 0 Å². The van der Waals surface area contributed by atoms with Crippen LogP contribution in [0.5, 0.6) is 0 Å². The molecule has 13 heteroatoms. The van der Waals surface area contributed by atoms with E-state index in [1.165, 1.54) is 0 Å². The summed E-state index contributed by atoms with van der Waals surface area (Å²) in [5, 5.41) is 0. The summed E-state index contributed by atoms with van der Waals surface area (Å²) < 4.78 is 17.8. The van der Waals surface area contributed by atoms with Crippen LogP contribution in [0, 0.1) is 0 Å². The van der Waals surface area contributed by atoms with Gasteiger partial charge in [-0.2, -0.15) is 0 Å². The van der Waals surface area contributed by atoms with Crippen molar-refractivity contribution in [1.29, 1.82) is 0 Å². The van der Waals surface area contributed by atoms with Gasteiger partial charge in [-0.1, -0.05) is 0 Å². The topological polar surface area (TPSA) is 156 Å². The van der Waals surface area contributed by atoms with Crippen molar-refractivity contribution in [2.24, 2.45) is 0 Å². The molecule has 0 aliphatic rings. The van der Waals surface area contributed by atoms with E-state index in [9.17, 15) is 0 Å². The molecule has 0 saturated carbocycles. The molecule has 0 unspecified atom stereocenters. The van der Waals surface area contributed by atoms with Crippen LogP contribution in [0.25, 0.3) is 0 Å². The minimum atomic E-state index is -4.64. The Hall–Kier alpha value is 2.92. The van der Waals surface area contributed by atoms with Crippen LogP contribution in [-0.4, -0.2) is 64.1 Å². The molecule has 0 aromatic carbocycles. The average molecular weight is 296 g/mol. The molecule has 8 nitrogen and oxygen atoms in total. The van der Waals surface area contributed by atoms with Gasteiger partial charge in [-0.3, -0.25) is 0 Å². The fourth-order valence-electron chi connectivity index (χ4n) is 0. The number of phosphoric acid groups is 2. The van der Waals surface area contributed by atoms with Crippen LogP contribution >= 0.6 is 15.6 Å². The molecule has 0 aliphatic carbocycles. The van der Waals surface area contributed by atoms with Crippen LogP contribution in [0.1, 0.15) is 1.43 Å². The van der Waals surface area contributed by atoms with Crippen LogP contribution in [0.15, 0.2) is 0 Å². The molecule has 78 valence electrons. The summed E-state index contributed by atoms with van der Waals surface area (Å²) in [5.74, 6) is 0. The van der Waals surface area contributed by atoms with Crippen molar-refractivity contribution in [3.8, 4) is 0 Å². The van der Waals surface area contributed by atoms with Crippen molar-refractivity contribution >= 4 is 50.4 Å². The smallest absolute Gasteiger partial charge is 1.00 e. The molecule has 6 N–H and O–H groups in total. The van der Waals surface area contributed by atoms with Crippen LogP contribution < -0.4 is 51.4 Å². The van der Waals surface area contributed by atoms with Crippen molar-refractivity contribution in [2.45, 2.75) is 0 Å². The van der Waals surface area contributed by atoms with Crippen LogP contribution in [0.3, 0.4) is 0 Å². The maximum absolute atomic E-state index is 8.88. The summed E-state index contributed by atoms with van der Waals surface area (Å²) >= 11 is 0. The van der Waals surface area contributed by atoms with Crippen LogP contribution in [0.4, 0.5) is 0 Å². The molecule has 0 aliphatic heterocycles. The number of rotatable bonds is 0. The zero-order valence-corrected chi connectivity index (χ0v) is 10.3. The molecule has 13 heavy (non-hydrogen) atoms. The Balaban J connectivity index is -0.0000000178. The third kappa shape index (κ3) is 292. The van der Waals surface area contributed by atoms with Crippen LogP contribution in [0.2, 0.25) is 0 Å². The Morgan fingerprint density at radius 3 is 0.692 bits per heavy atom. The second-order valence-electron chi connectivity index (χ2n) is 1.03. The minimum absolute atomic E-state index is 0. The van der Waals surface area contributed by atoms with Gasteiger partial charge in [0.1, 0.15) is 0 Å². The van der Waals surface area contributed by atoms with Gasteiger partial charge in [-0.05, 0) is 0 Å². The second kappa shape index (κ2) is 13.0. The predicted molar refractivity (Wildman–Crippen MR) is 49.5 cm³/mol. The molecular weight excluding hydrogens is 283 g/mol. The van der Waals surface area contributed by atoms with Gasteiger partial charge in [0.05, 0.1) is 0 Å². The van der Waals surface area contributed by atoms with E-state index >= 15 is 0 Å².